The Kier molecular flexibility index (Phi) is 15.7. The Morgan fingerprint density at radius 2 is 1.05 bits per heavy atom. The van der Waals surface area contributed by atoms with Gasteiger partial charge in [-0.15, -0.1) is 0 Å². The Balaban J connectivity index is 1.48. The number of benzene rings is 5. The molecule has 11 heteroatoms. The molecule has 6 rings (SSSR count). The lowest BCUT2D eigenvalue weighted by atomic mass is 9.85. The van der Waals surface area contributed by atoms with Gasteiger partial charge in [-0.25, -0.2) is 8.78 Å². The molecule has 6 atom stereocenters. The quantitative estimate of drug-likeness (QED) is 0.0736. The van der Waals surface area contributed by atoms with Crippen LogP contribution in [0.2, 0.25) is 0 Å². The standard InChI is InChI=1S/C47H51F2NO8/c1-2-53-45(51)40(50)28-46(48,49)47(57-33-39-26-16-7-17-27-39)44(56-32-38-24-14-6-15-25-38)43(55-31-37-22-12-5-13-23-37)42(54-30-36-20-10-4-11-21-36)41(58-47)34-52-29-35-18-8-3-9-19-35/h3-27,40-44H,2,28-34,50H2,1H3/t40?,41-,42+,43+,44-,47-/m1/s1. The molecule has 0 aliphatic carbocycles. The van der Waals surface area contributed by atoms with Crippen LogP contribution in [0.4, 0.5) is 8.78 Å². The minimum Gasteiger partial charge on any atom is -0.465 e. The van der Waals surface area contributed by atoms with E-state index in [1.807, 2.05) is 127 Å². The van der Waals surface area contributed by atoms with E-state index >= 15 is 8.78 Å². The molecule has 5 aromatic carbocycles. The van der Waals surface area contributed by atoms with Crippen LogP contribution in [-0.2, 0) is 71.0 Å². The second kappa shape index (κ2) is 21.2. The molecule has 0 radical (unpaired) electrons. The summed E-state index contributed by atoms with van der Waals surface area (Å²) in [5.74, 6) is -7.89. The highest BCUT2D eigenvalue weighted by Crippen LogP contribution is 2.48. The van der Waals surface area contributed by atoms with E-state index < -0.39 is 54.6 Å². The second-order valence-corrected chi connectivity index (χ2v) is 14.1. The average Bonchev–Trinajstić information content (AvgIpc) is 3.25. The summed E-state index contributed by atoms with van der Waals surface area (Å²) in [5, 5.41) is 0. The van der Waals surface area contributed by atoms with Crippen LogP contribution in [0, 0.1) is 0 Å². The summed E-state index contributed by atoms with van der Waals surface area (Å²) in [6.45, 7) is 1.20. The van der Waals surface area contributed by atoms with E-state index in [0.29, 0.717) is 11.1 Å². The third-order valence-electron chi connectivity index (χ3n) is 9.80. The van der Waals surface area contributed by atoms with Gasteiger partial charge in [-0.2, -0.15) is 0 Å². The van der Waals surface area contributed by atoms with Crippen LogP contribution >= 0.6 is 0 Å². The highest BCUT2D eigenvalue weighted by atomic mass is 19.3. The molecule has 0 saturated carbocycles. The number of hydrogen-bond donors (Lipinski definition) is 1. The maximum absolute atomic E-state index is 17.8. The molecular formula is C47H51F2NO8. The fraction of sp³-hybridized carbons (Fsp3) is 0.340. The highest BCUT2D eigenvalue weighted by molar-refractivity contribution is 5.75. The Hall–Kier alpha value is -4.85. The molecular weight excluding hydrogens is 745 g/mol. The van der Waals surface area contributed by atoms with Gasteiger partial charge in [-0.3, -0.25) is 4.79 Å². The zero-order valence-corrected chi connectivity index (χ0v) is 32.6. The minimum absolute atomic E-state index is 0.0160. The molecule has 1 aliphatic rings. The van der Waals surface area contributed by atoms with Crippen molar-refractivity contribution in [3.63, 3.8) is 0 Å². The molecule has 5 aromatic rings. The Morgan fingerprint density at radius 1 is 0.638 bits per heavy atom. The van der Waals surface area contributed by atoms with Gasteiger partial charge in [0, 0.05) is 6.42 Å². The van der Waals surface area contributed by atoms with Crippen molar-refractivity contribution in [2.75, 3.05) is 13.2 Å². The fourth-order valence-electron chi connectivity index (χ4n) is 6.87. The first-order valence-corrected chi connectivity index (χ1v) is 19.5. The van der Waals surface area contributed by atoms with E-state index in [-0.39, 0.29) is 46.2 Å². The molecule has 1 heterocycles. The van der Waals surface area contributed by atoms with Crippen LogP contribution in [0.5, 0.6) is 0 Å². The highest BCUT2D eigenvalue weighted by Gasteiger charge is 2.70. The fourth-order valence-corrected chi connectivity index (χ4v) is 6.87. The van der Waals surface area contributed by atoms with Crippen molar-refractivity contribution in [1.29, 1.82) is 0 Å². The molecule has 2 N–H and O–H groups in total. The van der Waals surface area contributed by atoms with Gasteiger partial charge in [0.05, 0.1) is 46.2 Å². The third kappa shape index (κ3) is 11.4. The summed E-state index contributed by atoms with van der Waals surface area (Å²) >= 11 is 0. The normalized spacial score (nSPS) is 21.3. The maximum atomic E-state index is 17.8. The van der Waals surface area contributed by atoms with Gasteiger partial charge in [-0.1, -0.05) is 152 Å². The lowest BCUT2D eigenvalue weighted by Gasteiger charge is -2.54. The zero-order chi connectivity index (χ0) is 40.6. The van der Waals surface area contributed by atoms with Gasteiger partial charge in [-0.05, 0) is 34.7 Å². The van der Waals surface area contributed by atoms with Crippen LogP contribution in [0.25, 0.3) is 0 Å². The summed E-state index contributed by atoms with van der Waals surface area (Å²) < 4.78 is 80.1. The zero-order valence-electron chi connectivity index (χ0n) is 32.6. The first kappa shape index (κ1) is 42.7. The van der Waals surface area contributed by atoms with E-state index in [1.165, 1.54) is 0 Å². The van der Waals surface area contributed by atoms with Crippen molar-refractivity contribution < 1.29 is 46.7 Å². The van der Waals surface area contributed by atoms with E-state index in [4.69, 9.17) is 38.9 Å². The number of ether oxygens (including phenoxy) is 7. The van der Waals surface area contributed by atoms with Gasteiger partial charge in [0.2, 0.25) is 0 Å². The molecule has 0 spiro atoms. The summed E-state index contributed by atoms with van der Waals surface area (Å²) in [4.78, 5) is 12.9. The Bertz CT molecular complexity index is 1930. The van der Waals surface area contributed by atoms with Crippen molar-refractivity contribution in [1.82, 2.24) is 0 Å². The summed E-state index contributed by atoms with van der Waals surface area (Å²) in [7, 11) is 0. The van der Waals surface area contributed by atoms with Gasteiger partial charge in [0.15, 0.2) is 0 Å². The van der Waals surface area contributed by atoms with Crippen LogP contribution in [0.1, 0.15) is 41.2 Å². The van der Waals surface area contributed by atoms with Crippen LogP contribution < -0.4 is 5.73 Å². The number of nitrogens with two attached hydrogens (primary N) is 1. The predicted molar refractivity (Wildman–Crippen MR) is 214 cm³/mol. The Labute approximate surface area is 338 Å². The summed E-state index contributed by atoms with van der Waals surface area (Å²) in [5.41, 5.74) is 9.99. The van der Waals surface area contributed by atoms with Crippen molar-refractivity contribution >= 4 is 5.97 Å². The number of hydrogen-bond acceptors (Lipinski definition) is 9. The lowest BCUT2D eigenvalue weighted by molar-refractivity contribution is -0.440. The van der Waals surface area contributed by atoms with Gasteiger partial charge < -0.3 is 38.9 Å². The number of esters is 1. The Morgan fingerprint density at radius 3 is 1.52 bits per heavy atom. The van der Waals surface area contributed by atoms with Crippen molar-refractivity contribution in [2.45, 2.75) is 88.5 Å². The molecule has 1 unspecified atom stereocenters. The van der Waals surface area contributed by atoms with E-state index in [1.54, 1.807) is 31.2 Å². The molecule has 1 fully saturated rings. The maximum Gasteiger partial charge on any atom is 0.323 e. The number of carbonyl (C=O) groups excluding carboxylic acids is 1. The third-order valence-corrected chi connectivity index (χ3v) is 9.80. The van der Waals surface area contributed by atoms with Gasteiger partial charge in [0.25, 0.3) is 5.79 Å². The largest absolute Gasteiger partial charge is 0.465 e. The van der Waals surface area contributed by atoms with Crippen molar-refractivity contribution in [3.05, 3.63) is 179 Å². The van der Waals surface area contributed by atoms with Gasteiger partial charge >= 0.3 is 11.9 Å². The van der Waals surface area contributed by atoms with E-state index in [9.17, 15) is 4.79 Å². The van der Waals surface area contributed by atoms with Crippen LogP contribution in [0.3, 0.4) is 0 Å². The number of carbonyl (C=O) groups is 1. The number of alkyl halides is 2. The first-order valence-electron chi connectivity index (χ1n) is 19.5. The molecule has 0 aromatic heterocycles. The molecule has 0 bridgehead atoms. The number of halogens is 2. The minimum atomic E-state index is -3.99. The molecule has 0 amide bonds. The SMILES string of the molecule is CCOC(=O)C(N)CC(F)(F)[C@]1(OCc2ccccc2)O[C@H](COCc2ccccc2)[C@H](OCc2ccccc2)[C@H](OCc2ccccc2)[C@H]1OCc1ccccc1. The van der Waals surface area contributed by atoms with Crippen LogP contribution in [0.15, 0.2) is 152 Å². The molecule has 1 aliphatic heterocycles. The summed E-state index contributed by atoms with van der Waals surface area (Å²) in [6.07, 6.45) is -6.32. The van der Waals surface area contributed by atoms with E-state index in [0.717, 1.165) is 16.7 Å². The average molecular weight is 796 g/mol. The molecule has 306 valence electrons. The molecule has 58 heavy (non-hydrogen) atoms. The van der Waals surface area contributed by atoms with E-state index in [2.05, 4.69) is 0 Å². The van der Waals surface area contributed by atoms with Crippen molar-refractivity contribution in [3.8, 4) is 0 Å². The smallest absolute Gasteiger partial charge is 0.323 e. The van der Waals surface area contributed by atoms with Gasteiger partial charge in [0.1, 0.15) is 30.5 Å². The molecule has 1 saturated heterocycles. The van der Waals surface area contributed by atoms with Crippen LogP contribution in [-0.4, -0.2) is 61.4 Å². The monoisotopic (exact) mass is 795 g/mol. The first-order chi connectivity index (χ1) is 28.3. The number of rotatable bonds is 21. The predicted octanol–water partition coefficient (Wildman–Crippen LogP) is 8.19. The summed E-state index contributed by atoms with van der Waals surface area (Å²) in [6, 6.07) is 44.7. The topological polar surface area (TPSA) is 108 Å². The van der Waals surface area contributed by atoms with Crippen molar-refractivity contribution in [2.24, 2.45) is 5.73 Å². The molecule has 9 nitrogen and oxygen atoms in total. The second-order valence-electron chi connectivity index (χ2n) is 14.1. The lowest BCUT2D eigenvalue weighted by Crippen LogP contribution is -2.74.